The monoisotopic (exact) mass is 322 g/mol. The molecule has 1 unspecified atom stereocenters. The molecule has 0 spiro atoms. The van der Waals surface area contributed by atoms with Gasteiger partial charge in [0.15, 0.2) is 5.69 Å². The number of carbonyl (C=O) groups is 2. The standard InChI is InChI=1S/C14H14N2O3S2/c1-8(13-16-10(7-21-13)14(18)19)15-12(17)9-5-3-4-6-11(9)20-2/h3-8H,1-2H3,(H,15,17)(H,18,19). The predicted octanol–water partition coefficient (Wildman–Crippen LogP) is 3.05. The number of nitrogens with one attached hydrogen (secondary N) is 1. The van der Waals surface area contributed by atoms with Crippen molar-refractivity contribution in [1.82, 2.24) is 10.3 Å². The van der Waals surface area contributed by atoms with Gasteiger partial charge in [-0.05, 0) is 25.3 Å². The number of thiazole rings is 1. The summed E-state index contributed by atoms with van der Waals surface area (Å²) in [6, 6.07) is 7.00. The summed E-state index contributed by atoms with van der Waals surface area (Å²) in [5.41, 5.74) is 0.604. The highest BCUT2D eigenvalue weighted by molar-refractivity contribution is 7.98. The predicted molar refractivity (Wildman–Crippen MR) is 83.2 cm³/mol. The van der Waals surface area contributed by atoms with Gasteiger partial charge in [0, 0.05) is 10.3 Å². The summed E-state index contributed by atoms with van der Waals surface area (Å²) in [7, 11) is 0. The molecule has 1 aromatic carbocycles. The summed E-state index contributed by atoms with van der Waals surface area (Å²) in [4.78, 5) is 28.0. The van der Waals surface area contributed by atoms with Crippen molar-refractivity contribution in [2.75, 3.05) is 6.26 Å². The van der Waals surface area contributed by atoms with Crippen LogP contribution < -0.4 is 5.32 Å². The molecule has 2 N–H and O–H groups in total. The zero-order chi connectivity index (χ0) is 15.4. The molecule has 0 fully saturated rings. The number of thioether (sulfide) groups is 1. The van der Waals surface area contributed by atoms with Gasteiger partial charge in [-0.25, -0.2) is 9.78 Å². The summed E-state index contributed by atoms with van der Waals surface area (Å²) in [6.45, 7) is 1.78. The lowest BCUT2D eigenvalue weighted by Crippen LogP contribution is -2.27. The van der Waals surface area contributed by atoms with E-state index >= 15 is 0 Å². The maximum Gasteiger partial charge on any atom is 0.355 e. The summed E-state index contributed by atoms with van der Waals surface area (Å²) in [5, 5.41) is 13.7. The molecule has 5 nitrogen and oxygen atoms in total. The molecule has 0 aliphatic carbocycles. The fourth-order valence-corrected chi connectivity index (χ4v) is 3.15. The van der Waals surface area contributed by atoms with Gasteiger partial charge in [0.05, 0.1) is 11.6 Å². The maximum absolute atomic E-state index is 12.3. The SMILES string of the molecule is CSc1ccccc1C(=O)NC(C)c1nc(C(=O)O)cs1. The van der Waals surface area contributed by atoms with Crippen LogP contribution in [0.1, 0.15) is 38.8 Å². The number of hydrogen-bond acceptors (Lipinski definition) is 5. The first kappa shape index (κ1) is 15.5. The fourth-order valence-electron chi connectivity index (χ4n) is 1.75. The topological polar surface area (TPSA) is 79.3 Å². The molecule has 7 heteroatoms. The number of amides is 1. The third-order valence-corrected chi connectivity index (χ3v) is 4.63. The first-order valence-corrected chi connectivity index (χ1v) is 8.26. The Balaban J connectivity index is 2.13. The Kier molecular flexibility index (Phi) is 4.98. The van der Waals surface area contributed by atoms with Crippen molar-refractivity contribution in [3.05, 3.63) is 45.9 Å². The third-order valence-electron chi connectivity index (χ3n) is 2.81. The molecule has 0 radical (unpaired) electrons. The third kappa shape index (κ3) is 3.62. The van der Waals surface area contributed by atoms with E-state index in [4.69, 9.17) is 5.11 Å². The van der Waals surface area contributed by atoms with Crippen LogP contribution in [0.25, 0.3) is 0 Å². The average molecular weight is 322 g/mol. The van der Waals surface area contributed by atoms with Crippen LogP contribution >= 0.6 is 23.1 Å². The Morgan fingerprint density at radius 2 is 2.10 bits per heavy atom. The lowest BCUT2D eigenvalue weighted by Gasteiger charge is -2.13. The van der Waals surface area contributed by atoms with Crippen molar-refractivity contribution in [3.63, 3.8) is 0 Å². The molecule has 0 aliphatic heterocycles. The van der Waals surface area contributed by atoms with Crippen molar-refractivity contribution in [1.29, 1.82) is 0 Å². The van der Waals surface area contributed by atoms with Crippen LogP contribution in [-0.2, 0) is 0 Å². The quantitative estimate of drug-likeness (QED) is 0.827. The van der Waals surface area contributed by atoms with E-state index in [0.717, 1.165) is 4.90 Å². The number of rotatable bonds is 5. The molecule has 21 heavy (non-hydrogen) atoms. The van der Waals surface area contributed by atoms with Crippen LogP contribution in [0, 0.1) is 0 Å². The zero-order valence-corrected chi connectivity index (χ0v) is 13.1. The lowest BCUT2D eigenvalue weighted by atomic mass is 10.2. The molecule has 0 bridgehead atoms. The molecule has 1 atom stereocenters. The largest absolute Gasteiger partial charge is 0.476 e. The molecule has 0 saturated heterocycles. The molecular formula is C14H14N2O3S2. The second-order valence-electron chi connectivity index (χ2n) is 4.27. The summed E-state index contributed by atoms with van der Waals surface area (Å²) < 4.78 is 0. The highest BCUT2D eigenvalue weighted by atomic mass is 32.2. The number of aromatic nitrogens is 1. The van der Waals surface area contributed by atoms with Gasteiger partial charge < -0.3 is 10.4 Å². The Morgan fingerprint density at radius 3 is 2.71 bits per heavy atom. The number of nitrogens with zero attached hydrogens (tertiary/aromatic N) is 1. The van der Waals surface area contributed by atoms with E-state index in [-0.39, 0.29) is 17.6 Å². The Morgan fingerprint density at radius 1 is 1.38 bits per heavy atom. The first-order valence-electron chi connectivity index (χ1n) is 6.15. The summed E-state index contributed by atoms with van der Waals surface area (Å²) >= 11 is 2.72. The van der Waals surface area contributed by atoms with Gasteiger partial charge in [-0.1, -0.05) is 12.1 Å². The first-order chi connectivity index (χ1) is 10.0. The number of carboxylic acid groups (broad SMARTS) is 1. The van der Waals surface area contributed by atoms with Crippen LogP contribution in [0.4, 0.5) is 0 Å². The van der Waals surface area contributed by atoms with Gasteiger partial charge in [-0.2, -0.15) is 0 Å². The number of hydrogen-bond donors (Lipinski definition) is 2. The van der Waals surface area contributed by atoms with Gasteiger partial charge in [-0.3, -0.25) is 4.79 Å². The average Bonchev–Trinajstić information content (AvgIpc) is 2.97. The molecular weight excluding hydrogens is 308 g/mol. The molecule has 2 aromatic rings. The molecule has 1 aromatic heterocycles. The Bertz CT molecular complexity index is 670. The van der Waals surface area contributed by atoms with E-state index in [2.05, 4.69) is 10.3 Å². The van der Waals surface area contributed by atoms with Crippen LogP contribution in [0.2, 0.25) is 0 Å². The molecule has 0 aliphatic rings. The van der Waals surface area contributed by atoms with Crippen molar-refractivity contribution >= 4 is 35.0 Å². The van der Waals surface area contributed by atoms with Crippen LogP contribution in [0.15, 0.2) is 34.5 Å². The summed E-state index contributed by atoms with van der Waals surface area (Å²) in [6.07, 6.45) is 1.91. The van der Waals surface area contributed by atoms with Crippen molar-refractivity contribution in [3.8, 4) is 0 Å². The van der Waals surface area contributed by atoms with Gasteiger partial charge in [-0.15, -0.1) is 23.1 Å². The Labute approximate surface area is 130 Å². The van der Waals surface area contributed by atoms with Gasteiger partial charge in [0.1, 0.15) is 5.01 Å². The fraction of sp³-hybridized carbons (Fsp3) is 0.214. The minimum absolute atomic E-state index is 0.000567. The van der Waals surface area contributed by atoms with Gasteiger partial charge in [0.25, 0.3) is 5.91 Å². The summed E-state index contributed by atoms with van der Waals surface area (Å²) in [5.74, 6) is -1.26. The number of carboxylic acids is 1. The number of benzene rings is 1. The smallest absolute Gasteiger partial charge is 0.355 e. The lowest BCUT2D eigenvalue weighted by molar-refractivity contribution is 0.0691. The van der Waals surface area contributed by atoms with E-state index < -0.39 is 5.97 Å². The number of carbonyl (C=O) groups excluding carboxylic acids is 1. The maximum atomic E-state index is 12.3. The van der Waals surface area contributed by atoms with Crippen LogP contribution in [-0.4, -0.2) is 28.2 Å². The Hall–Kier alpha value is -1.86. The molecule has 2 rings (SSSR count). The van der Waals surface area contributed by atoms with E-state index in [9.17, 15) is 9.59 Å². The van der Waals surface area contributed by atoms with Crippen molar-refractivity contribution < 1.29 is 14.7 Å². The second-order valence-corrected chi connectivity index (χ2v) is 6.01. The highest BCUT2D eigenvalue weighted by Crippen LogP contribution is 2.22. The van der Waals surface area contributed by atoms with E-state index in [1.54, 1.807) is 13.0 Å². The normalized spacial score (nSPS) is 11.9. The number of aromatic carboxylic acids is 1. The van der Waals surface area contributed by atoms with Crippen molar-refractivity contribution in [2.24, 2.45) is 0 Å². The van der Waals surface area contributed by atoms with E-state index in [0.29, 0.717) is 10.6 Å². The zero-order valence-electron chi connectivity index (χ0n) is 11.5. The van der Waals surface area contributed by atoms with Gasteiger partial charge >= 0.3 is 5.97 Å². The van der Waals surface area contributed by atoms with Crippen molar-refractivity contribution in [2.45, 2.75) is 17.9 Å². The van der Waals surface area contributed by atoms with E-state index in [1.165, 1.54) is 28.5 Å². The van der Waals surface area contributed by atoms with E-state index in [1.807, 2.05) is 24.5 Å². The highest BCUT2D eigenvalue weighted by Gasteiger charge is 2.18. The molecule has 0 saturated carbocycles. The molecule has 1 heterocycles. The minimum atomic E-state index is -1.07. The van der Waals surface area contributed by atoms with Gasteiger partial charge in [0.2, 0.25) is 0 Å². The van der Waals surface area contributed by atoms with Crippen LogP contribution in [0.5, 0.6) is 0 Å². The molecule has 1 amide bonds. The minimum Gasteiger partial charge on any atom is -0.476 e. The molecule has 110 valence electrons. The van der Waals surface area contributed by atoms with Crippen LogP contribution in [0.3, 0.4) is 0 Å². The second kappa shape index (κ2) is 6.73.